The zero-order valence-electron chi connectivity index (χ0n) is 13.5. The normalized spacial score (nSPS) is 12.0. The van der Waals surface area contributed by atoms with E-state index in [1.807, 2.05) is 31.2 Å². The Balaban J connectivity index is 2.59. The van der Waals surface area contributed by atoms with Crippen molar-refractivity contribution in [1.29, 1.82) is 0 Å². The average molecular weight is 293 g/mol. The summed E-state index contributed by atoms with van der Waals surface area (Å²) >= 11 is 0. The zero-order chi connectivity index (χ0) is 15.7. The highest BCUT2D eigenvalue weighted by Gasteiger charge is 2.11. The van der Waals surface area contributed by atoms with Gasteiger partial charge in [-0.2, -0.15) is 0 Å². The van der Waals surface area contributed by atoms with Gasteiger partial charge in [-0.05, 0) is 38.1 Å². The molecule has 0 aromatic heterocycles. The van der Waals surface area contributed by atoms with Crippen LogP contribution in [0.15, 0.2) is 24.3 Å². The maximum atomic E-state index is 12.1. The first-order chi connectivity index (χ1) is 10.1. The van der Waals surface area contributed by atoms with Gasteiger partial charge in [0.15, 0.2) is 0 Å². The maximum absolute atomic E-state index is 12.1. The number of rotatable bonds is 8. The monoisotopic (exact) mass is 293 g/mol. The molecule has 1 aromatic carbocycles. The Bertz CT molecular complexity index is 420. The van der Waals surface area contributed by atoms with Crippen LogP contribution in [0.5, 0.6) is 0 Å². The number of hydrogen-bond acceptors (Lipinski definition) is 3. The van der Waals surface area contributed by atoms with Crippen LogP contribution < -0.4 is 10.6 Å². The first kappa shape index (κ1) is 17.5. The minimum atomic E-state index is -0.0953. The van der Waals surface area contributed by atoms with Crippen molar-refractivity contribution >= 4 is 11.7 Å². The number of hydrogen-bond donors (Lipinski definition) is 2. The molecule has 5 nitrogen and oxygen atoms in total. The van der Waals surface area contributed by atoms with E-state index < -0.39 is 0 Å². The molecule has 0 radical (unpaired) electrons. The van der Waals surface area contributed by atoms with Gasteiger partial charge < -0.3 is 20.3 Å². The summed E-state index contributed by atoms with van der Waals surface area (Å²) in [5.74, 6) is 0. The Morgan fingerprint density at radius 1 is 1.29 bits per heavy atom. The number of methoxy groups -OCH3 is 1. The Kier molecular flexibility index (Phi) is 7.79. The minimum Gasteiger partial charge on any atom is -0.383 e. The number of ether oxygens (including phenoxy) is 1. The summed E-state index contributed by atoms with van der Waals surface area (Å²) in [5, 5.41) is 6.27. The molecule has 0 saturated carbocycles. The van der Waals surface area contributed by atoms with Gasteiger partial charge in [-0.1, -0.05) is 19.1 Å². The number of anilines is 1. The van der Waals surface area contributed by atoms with Gasteiger partial charge in [0.2, 0.25) is 0 Å². The third-order valence-electron chi connectivity index (χ3n) is 3.41. The first-order valence-corrected chi connectivity index (χ1v) is 7.50. The molecule has 2 N–H and O–H groups in total. The molecule has 1 rings (SSSR count). The molecule has 0 spiro atoms. The predicted octanol–water partition coefficient (Wildman–Crippen LogP) is 2.86. The predicted molar refractivity (Wildman–Crippen MR) is 86.7 cm³/mol. The Morgan fingerprint density at radius 3 is 2.48 bits per heavy atom. The lowest BCUT2D eigenvalue weighted by Crippen LogP contribution is -2.37. The van der Waals surface area contributed by atoms with Gasteiger partial charge in [0.25, 0.3) is 0 Å². The third-order valence-corrected chi connectivity index (χ3v) is 3.41. The summed E-state index contributed by atoms with van der Waals surface area (Å²) in [6.45, 7) is 8.89. The molecule has 0 aliphatic carbocycles. The third kappa shape index (κ3) is 5.73. The number of amides is 2. The molecular formula is C16H27N3O2. The SMILES string of the molecule is CCNC(C)c1ccc(NC(=O)N(CC)CCOC)cc1. The van der Waals surface area contributed by atoms with Crippen LogP contribution in [0.25, 0.3) is 0 Å². The van der Waals surface area contributed by atoms with E-state index in [9.17, 15) is 4.79 Å². The van der Waals surface area contributed by atoms with Crippen LogP contribution in [-0.2, 0) is 4.74 Å². The Hall–Kier alpha value is -1.59. The highest BCUT2D eigenvalue weighted by molar-refractivity contribution is 5.89. The summed E-state index contributed by atoms with van der Waals surface area (Å²) < 4.78 is 5.01. The van der Waals surface area contributed by atoms with E-state index in [-0.39, 0.29) is 6.03 Å². The van der Waals surface area contributed by atoms with Gasteiger partial charge in [-0.3, -0.25) is 0 Å². The van der Waals surface area contributed by atoms with Crippen LogP contribution in [-0.4, -0.2) is 44.3 Å². The summed E-state index contributed by atoms with van der Waals surface area (Å²) in [7, 11) is 1.63. The van der Waals surface area contributed by atoms with Crippen molar-refractivity contribution in [3.63, 3.8) is 0 Å². The topological polar surface area (TPSA) is 53.6 Å². The minimum absolute atomic E-state index is 0.0953. The second-order valence-electron chi connectivity index (χ2n) is 4.90. The van der Waals surface area contributed by atoms with Crippen LogP contribution >= 0.6 is 0 Å². The van der Waals surface area contributed by atoms with Crippen molar-refractivity contribution in [3.8, 4) is 0 Å². The molecule has 0 aliphatic heterocycles. The van der Waals surface area contributed by atoms with E-state index >= 15 is 0 Å². The van der Waals surface area contributed by atoms with Crippen molar-refractivity contribution in [1.82, 2.24) is 10.2 Å². The van der Waals surface area contributed by atoms with E-state index in [1.54, 1.807) is 12.0 Å². The van der Waals surface area contributed by atoms with Crippen LogP contribution in [0.4, 0.5) is 10.5 Å². The van der Waals surface area contributed by atoms with Crippen molar-refractivity contribution in [2.45, 2.75) is 26.8 Å². The average Bonchev–Trinajstić information content (AvgIpc) is 2.49. The van der Waals surface area contributed by atoms with E-state index in [1.165, 1.54) is 5.56 Å². The van der Waals surface area contributed by atoms with E-state index in [2.05, 4.69) is 24.5 Å². The highest BCUT2D eigenvalue weighted by atomic mass is 16.5. The second kappa shape index (κ2) is 9.37. The molecule has 21 heavy (non-hydrogen) atoms. The van der Waals surface area contributed by atoms with Gasteiger partial charge in [0.1, 0.15) is 0 Å². The van der Waals surface area contributed by atoms with Crippen molar-refractivity contribution < 1.29 is 9.53 Å². The summed E-state index contributed by atoms with van der Waals surface area (Å²) in [4.78, 5) is 13.8. The smallest absolute Gasteiger partial charge is 0.321 e. The van der Waals surface area contributed by atoms with Crippen LogP contribution in [0.3, 0.4) is 0 Å². The van der Waals surface area contributed by atoms with Gasteiger partial charge in [-0.25, -0.2) is 4.79 Å². The maximum Gasteiger partial charge on any atom is 0.321 e. The Labute approximate surface area is 127 Å². The van der Waals surface area contributed by atoms with Gasteiger partial charge in [0, 0.05) is 31.9 Å². The van der Waals surface area contributed by atoms with Crippen LogP contribution in [0.1, 0.15) is 32.4 Å². The molecule has 0 heterocycles. The number of urea groups is 1. The molecule has 0 saturated heterocycles. The highest BCUT2D eigenvalue weighted by Crippen LogP contribution is 2.16. The quantitative estimate of drug-likeness (QED) is 0.775. The molecule has 2 amide bonds. The lowest BCUT2D eigenvalue weighted by Gasteiger charge is -2.21. The standard InChI is InChI=1S/C16H27N3O2/c1-5-17-13(3)14-7-9-15(10-8-14)18-16(20)19(6-2)11-12-21-4/h7-10,13,17H,5-6,11-12H2,1-4H3,(H,18,20). The molecule has 0 aliphatic rings. The fourth-order valence-electron chi connectivity index (χ4n) is 2.09. The molecular weight excluding hydrogens is 266 g/mol. The fraction of sp³-hybridized carbons (Fsp3) is 0.562. The van der Waals surface area contributed by atoms with Gasteiger partial charge >= 0.3 is 6.03 Å². The lowest BCUT2D eigenvalue weighted by molar-refractivity contribution is 0.157. The summed E-state index contributed by atoms with van der Waals surface area (Å²) in [6, 6.07) is 8.16. The zero-order valence-corrected chi connectivity index (χ0v) is 13.5. The molecule has 1 aromatic rings. The number of likely N-dealkylation sites (N-methyl/N-ethyl adjacent to an activating group) is 1. The number of benzene rings is 1. The molecule has 5 heteroatoms. The molecule has 1 atom stereocenters. The summed E-state index contributed by atoms with van der Waals surface area (Å²) in [5.41, 5.74) is 2.02. The molecule has 118 valence electrons. The van der Waals surface area contributed by atoms with Crippen molar-refractivity contribution in [2.24, 2.45) is 0 Å². The van der Waals surface area contributed by atoms with Crippen molar-refractivity contribution in [2.75, 3.05) is 38.7 Å². The lowest BCUT2D eigenvalue weighted by atomic mass is 10.1. The number of carbonyl (C=O) groups excluding carboxylic acids is 1. The fourth-order valence-corrected chi connectivity index (χ4v) is 2.09. The summed E-state index contributed by atoms with van der Waals surface area (Å²) in [6.07, 6.45) is 0. The number of nitrogens with zero attached hydrogens (tertiary/aromatic N) is 1. The van der Waals surface area contributed by atoms with Gasteiger partial charge in [0.05, 0.1) is 6.61 Å². The van der Waals surface area contributed by atoms with E-state index in [0.29, 0.717) is 25.7 Å². The second-order valence-corrected chi connectivity index (χ2v) is 4.90. The van der Waals surface area contributed by atoms with E-state index in [4.69, 9.17) is 4.74 Å². The van der Waals surface area contributed by atoms with Gasteiger partial charge in [-0.15, -0.1) is 0 Å². The number of carbonyl (C=O) groups is 1. The molecule has 0 fully saturated rings. The first-order valence-electron chi connectivity index (χ1n) is 7.50. The number of nitrogens with one attached hydrogen (secondary N) is 2. The van der Waals surface area contributed by atoms with Crippen molar-refractivity contribution in [3.05, 3.63) is 29.8 Å². The van der Waals surface area contributed by atoms with E-state index in [0.717, 1.165) is 12.2 Å². The van der Waals surface area contributed by atoms with Crippen LogP contribution in [0, 0.1) is 0 Å². The molecule has 0 bridgehead atoms. The molecule has 1 unspecified atom stereocenters. The Morgan fingerprint density at radius 2 is 1.95 bits per heavy atom. The largest absolute Gasteiger partial charge is 0.383 e. The van der Waals surface area contributed by atoms with Crippen LogP contribution in [0.2, 0.25) is 0 Å².